The second-order valence-corrected chi connectivity index (χ2v) is 3.89. The van der Waals surface area contributed by atoms with Crippen molar-refractivity contribution in [3.63, 3.8) is 0 Å². The molecule has 13 heteroatoms. The predicted molar refractivity (Wildman–Crippen MR) is 48.0 cm³/mol. The summed E-state index contributed by atoms with van der Waals surface area (Å²) < 4.78 is 8.66. The maximum atomic E-state index is 8.96. The van der Waals surface area contributed by atoms with Crippen LogP contribution in [0.5, 0.6) is 0 Å². The smallest absolute Gasteiger partial charge is 0.790 e. The van der Waals surface area contributed by atoms with Gasteiger partial charge in [0.15, 0.2) is 0 Å². The van der Waals surface area contributed by atoms with Crippen LogP contribution >= 0.6 is 7.82 Å². The van der Waals surface area contributed by atoms with Crippen LogP contribution in [0.2, 0.25) is 0 Å². The SMILES string of the molecule is O=P([O-])([O-])O.OC[C@@H](O)[C@@H](O)[C@H](O)[C@H](O)CO.[Na+].[Na+]. The second-order valence-electron chi connectivity index (χ2n) is 2.95. The summed E-state index contributed by atoms with van der Waals surface area (Å²) in [6, 6.07) is 0. The molecule has 0 fully saturated rings. The molecule has 0 bridgehead atoms. The second kappa shape index (κ2) is 14.8. The number of hydrogen-bond acceptors (Lipinski definition) is 9. The molecular formula is C6H15Na2O10P. The van der Waals surface area contributed by atoms with Crippen LogP contribution in [-0.2, 0) is 4.57 Å². The van der Waals surface area contributed by atoms with Gasteiger partial charge in [0.05, 0.1) is 21.0 Å². The molecule has 10 nitrogen and oxygen atoms in total. The molecule has 7 N–H and O–H groups in total. The number of aliphatic hydroxyl groups is 6. The first-order chi connectivity index (χ1) is 7.54. The Bertz CT molecular complexity index is 216. The van der Waals surface area contributed by atoms with Crippen molar-refractivity contribution < 1.29 is 109 Å². The Balaban J connectivity index is -0.000000139. The third-order valence-corrected chi connectivity index (χ3v) is 1.51. The van der Waals surface area contributed by atoms with Gasteiger partial charge in [-0.1, -0.05) is 0 Å². The molecule has 0 aromatic carbocycles. The van der Waals surface area contributed by atoms with Crippen molar-refractivity contribution in [2.24, 2.45) is 0 Å². The van der Waals surface area contributed by atoms with E-state index in [9.17, 15) is 0 Å². The Kier molecular flexibility index (Phi) is 22.5. The van der Waals surface area contributed by atoms with Gasteiger partial charge in [0.1, 0.15) is 24.4 Å². The van der Waals surface area contributed by atoms with Crippen LogP contribution in [0.25, 0.3) is 0 Å². The molecule has 0 amide bonds. The zero-order chi connectivity index (χ0) is 14.2. The van der Waals surface area contributed by atoms with E-state index in [1.54, 1.807) is 0 Å². The molecule has 106 valence electrons. The number of phosphoric acid groups is 1. The van der Waals surface area contributed by atoms with Crippen molar-refractivity contribution >= 4 is 7.82 Å². The fraction of sp³-hybridized carbons (Fsp3) is 1.00. The zero-order valence-corrected chi connectivity index (χ0v) is 15.4. The predicted octanol–water partition coefficient (Wildman–Crippen LogP) is -11.8. The van der Waals surface area contributed by atoms with Crippen molar-refractivity contribution in [1.29, 1.82) is 0 Å². The topological polar surface area (TPSA) is 205 Å². The van der Waals surface area contributed by atoms with E-state index >= 15 is 0 Å². The van der Waals surface area contributed by atoms with Gasteiger partial charge in [0.25, 0.3) is 0 Å². The monoisotopic (exact) mass is 324 g/mol. The third-order valence-electron chi connectivity index (χ3n) is 1.51. The molecule has 0 saturated heterocycles. The van der Waals surface area contributed by atoms with E-state index in [0.29, 0.717) is 0 Å². The normalized spacial score (nSPS) is 16.7. The van der Waals surface area contributed by atoms with Crippen LogP contribution in [0.15, 0.2) is 0 Å². The van der Waals surface area contributed by atoms with Crippen molar-refractivity contribution in [2.45, 2.75) is 24.4 Å². The first-order valence-electron chi connectivity index (χ1n) is 4.23. The van der Waals surface area contributed by atoms with Crippen LogP contribution in [0, 0.1) is 0 Å². The average Bonchev–Trinajstić information content (AvgIpc) is 2.22. The minimum absolute atomic E-state index is 0. The van der Waals surface area contributed by atoms with E-state index in [2.05, 4.69) is 0 Å². The summed E-state index contributed by atoms with van der Waals surface area (Å²) in [4.78, 5) is 24.3. The van der Waals surface area contributed by atoms with Crippen molar-refractivity contribution in [1.82, 2.24) is 0 Å². The maximum absolute atomic E-state index is 8.96. The summed E-state index contributed by atoms with van der Waals surface area (Å²) in [5.74, 6) is 0. The van der Waals surface area contributed by atoms with Crippen molar-refractivity contribution in [2.75, 3.05) is 13.2 Å². The van der Waals surface area contributed by atoms with Crippen LogP contribution in [0.1, 0.15) is 0 Å². The largest absolute Gasteiger partial charge is 1.00 e. The van der Waals surface area contributed by atoms with Crippen LogP contribution in [0.4, 0.5) is 0 Å². The minimum Gasteiger partial charge on any atom is -0.790 e. The van der Waals surface area contributed by atoms with Crippen molar-refractivity contribution in [3.8, 4) is 0 Å². The molecule has 0 rings (SSSR count). The van der Waals surface area contributed by atoms with Gasteiger partial charge in [-0.25, -0.2) is 0 Å². The van der Waals surface area contributed by atoms with Gasteiger partial charge in [-0.05, 0) is 0 Å². The Hall–Kier alpha value is 1.87. The number of rotatable bonds is 5. The first-order valence-corrected chi connectivity index (χ1v) is 5.72. The molecule has 0 aliphatic heterocycles. The Morgan fingerprint density at radius 1 is 0.842 bits per heavy atom. The Morgan fingerprint density at radius 3 is 1.11 bits per heavy atom. The van der Waals surface area contributed by atoms with Crippen LogP contribution < -0.4 is 68.9 Å². The van der Waals surface area contributed by atoms with Crippen molar-refractivity contribution in [3.05, 3.63) is 0 Å². The van der Waals surface area contributed by atoms with E-state index in [4.69, 9.17) is 49.9 Å². The van der Waals surface area contributed by atoms with E-state index in [1.807, 2.05) is 0 Å². The molecular weight excluding hydrogens is 309 g/mol. The Labute approximate surface area is 153 Å². The van der Waals surface area contributed by atoms with Gasteiger partial charge < -0.3 is 49.9 Å². The number of aliphatic hydroxyl groups excluding tert-OH is 6. The molecule has 0 radical (unpaired) electrons. The molecule has 0 aliphatic carbocycles. The number of hydrogen-bond donors (Lipinski definition) is 7. The summed E-state index contributed by atoms with van der Waals surface area (Å²) in [5, 5.41) is 52.2. The Morgan fingerprint density at radius 2 is 1.00 bits per heavy atom. The van der Waals surface area contributed by atoms with Gasteiger partial charge >= 0.3 is 59.1 Å². The van der Waals surface area contributed by atoms with Gasteiger partial charge in [-0.3, -0.25) is 0 Å². The molecule has 0 aromatic rings. The molecule has 19 heavy (non-hydrogen) atoms. The van der Waals surface area contributed by atoms with E-state index in [0.717, 1.165) is 0 Å². The molecule has 0 unspecified atom stereocenters. The van der Waals surface area contributed by atoms with Gasteiger partial charge in [0, 0.05) is 0 Å². The van der Waals surface area contributed by atoms with Gasteiger partial charge in [-0.2, -0.15) is 0 Å². The quantitative estimate of drug-likeness (QED) is 0.188. The third kappa shape index (κ3) is 19.9. The fourth-order valence-electron chi connectivity index (χ4n) is 0.671. The molecule has 4 atom stereocenters. The molecule has 0 aliphatic rings. The zero-order valence-electron chi connectivity index (χ0n) is 10.5. The fourth-order valence-corrected chi connectivity index (χ4v) is 0.671. The molecule has 0 heterocycles. The van der Waals surface area contributed by atoms with E-state index in [1.165, 1.54) is 0 Å². The summed E-state index contributed by atoms with van der Waals surface area (Å²) in [5.41, 5.74) is 0. The molecule has 0 spiro atoms. The maximum Gasteiger partial charge on any atom is 1.00 e. The van der Waals surface area contributed by atoms with Crippen LogP contribution in [-0.4, -0.2) is 73.2 Å². The van der Waals surface area contributed by atoms with Gasteiger partial charge in [-0.15, -0.1) is 0 Å². The summed E-state index contributed by atoms with van der Waals surface area (Å²) >= 11 is 0. The minimum atomic E-state index is -5.14. The average molecular weight is 324 g/mol. The van der Waals surface area contributed by atoms with E-state index in [-0.39, 0.29) is 59.1 Å². The summed E-state index contributed by atoms with van der Waals surface area (Å²) in [6.07, 6.45) is -6.39. The molecule has 0 aromatic heterocycles. The summed E-state index contributed by atoms with van der Waals surface area (Å²) in [7, 11) is -5.14. The van der Waals surface area contributed by atoms with Gasteiger partial charge in [0.2, 0.25) is 0 Å². The first kappa shape index (κ1) is 29.0. The van der Waals surface area contributed by atoms with Crippen LogP contribution in [0.3, 0.4) is 0 Å². The summed E-state index contributed by atoms with van der Waals surface area (Å²) in [6.45, 7) is -1.45. The molecule has 0 saturated carbocycles. The van der Waals surface area contributed by atoms with E-state index < -0.39 is 45.5 Å². The standard InChI is InChI=1S/C6H14O6.2Na.H3O4P/c7-1-3(9)5(11)6(12)4(10)2-8;;;1-5(2,3)4/h3-12H,1-2H2;;;(H3,1,2,3,4)/q;2*+1;/p-2/t3-,4-,5-,6-;;;/m1.../s1.